The quantitative estimate of drug-likeness (QED) is 0.607. The molecule has 84 valence electrons. The van der Waals surface area contributed by atoms with Gasteiger partial charge in [0.05, 0.1) is 11.9 Å². The Balaban J connectivity index is 1.95. The average Bonchev–Trinajstić information content (AvgIpc) is 2.41. The second-order valence-corrected chi connectivity index (χ2v) is 4.15. The molecule has 0 amide bonds. The molecule has 0 aromatic heterocycles. The standard InChI is InChI=1S/C14H11NOS/c16-14(13-9-5-2-6-10-13)17-15-11-12-7-3-1-4-8-12/h1-11H/b15-11+. The van der Waals surface area contributed by atoms with Crippen molar-refractivity contribution in [3.63, 3.8) is 0 Å². The van der Waals surface area contributed by atoms with Gasteiger partial charge >= 0.3 is 0 Å². The van der Waals surface area contributed by atoms with Gasteiger partial charge in [-0.15, -0.1) is 0 Å². The van der Waals surface area contributed by atoms with E-state index in [1.807, 2.05) is 48.5 Å². The molecule has 2 rings (SSSR count). The maximum absolute atomic E-state index is 11.7. The van der Waals surface area contributed by atoms with Gasteiger partial charge in [0.2, 0.25) is 5.12 Å². The zero-order chi connectivity index (χ0) is 11.9. The Bertz CT molecular complexity index is 508. The Hall–Kier alpha value is -1.87. The van der Waals surface area contributed by atoms with E-state index >= 15 is 0 Å². The molecule has 2 aromatic rings. The van der Waals surface area contributed by atoms with E-state index in [1.54, 1.807) is 18.3 Å². The average molecular weight is 241 g/mol. The second kappa shape index (κ2) is 6.01. The van der Waals surface area contributed by atoms with E-state index in [2.05, 4.69) is 4.40 Å². The van der Waals surface area contributed by atoms with Gasteiger partial charge in [0.25, 0.3) is 0 Å². The van der Waals surface area contributed by atoms with Crippen molar-refractivity contribution in [2.45, 2.75) is 0 Å². The molecule has 0 spiro atoms. The zero-order valence-electron chi connectivity index (χ0n) is 9.11. The molecule has 3 heteroatoms. The number of nitrogens with zero attached hydrogens (tertiary/aromatic N) is 1. The maximum atomic E-state index is 11.7. The molecular formula is C14H11NOS. The largest absolute Gasteiger partial charge is 0.280 e. The third-order valence-corrected chi connectivity index (χ3v) is 2.76. The fraction of sp³-hybridized carbons (Fsp3) is 0. The van der Waals surface area contributed by atoms with Gasteiger partial charge in [0.1, 0.15) is 0 Å². The lowest BCUT2D eigenvalue weighted by molar-refractivity contribution is 0.108. The first-order valence-corrected chi connectivity index (χ1v) is 5.98. The molecule has 0 fully saturated rings. The molecule has 0 saturated carbocycles. The Morgan fingerprint density at radius 3 is 2.18 bits per heavy atom. The number of hydrogen-bond donors (Lipinski definition) is 0. The molecule has 2 nitrogen and oxygen atoms in total. The number of hydrogen-bond acceptors (Lipinski definition) is 3. The Labute approximate surface area is 105 Å². The summed E-state index contributed by atoms with van der Waals surface area (Å²) in [6.45, 7) is 0. The van der Waals surface area contributed by atoms with Gasteiger partial charge in [-0.3, -0.25) is 4.79 Å². The molecule has 0 aliphatic rings. The number of carbonyl (C=O) groups is 1. The number of carbonyl (C=O) groups excluding carboxylic acids is 1. The van der Waals surface area contributed by atoms with Crippen LogP contribution in [0.25, 0.3) is 0 Å². The fourth-order valence-corrected chi connectivity index (χ4v) is 1.81. The molecule has 2 aromatic carbocycles. The molecule has 17 heavy (non-hydrogen) atoms. The summed E-state index contributed by atoms with van der Waals surface area (Å²) in [5.41, 5.74) is 1.66. The van der Waals surface area contributed by atoms with Gasteiger partial charge in [-0.05, 0) is 5.56 Å². The van der Waals surface area contributed by atoms with E-state index in [0.29, 0.717) is 5.56 Å². The van der Waals surface area contributed by atoms with Crippen molar-refractivity contribution < 1.29 is 4.79 Å². The molecule has 0 N–H and O–H groups in total. The van der Waals surface area contributed by atoms with Gasteiger partial charge in [-0.1, -0.05) is 60.7 Å². The van der Waals surface area contributed by atoms with E-state index in [-0.39, 0.29) is 5.12 Å². The third kappa shape index (κ3) is 3.57. The molecule has 0 bridgehead atoms. The maximum Gasteiger partial charge on any atom is 0.241 e. The minimum Gasteiger partial charge on any atom is -0.280 e. The van der Waals surface area contributed by atoms with Crippen molar-refractivity contribution >= 4 is 23.3 Å². The summed E-state index contributed by atoms with van der Waals surface area (Å²) < 4.78 is 4.06. The van der Waals surface area contributed by atoms with Crippen molar-refractivity contribution in [1.29, 1.82) is 0 Å². The minimum absolute atomic E-state index is 0.0437. The molecule has 0 atom stereocenters. The molecule has 0 heterocycles. The van der Waals surface area contributed by atoms with Crippen molar-refractivity contribution in [2.75, 3.05) is 0 Å². The molecule has 0 aliphatic heterocycles. The topological polar surface area (TPSA) is 29.4 Å². The van der Waals surface area contributed by atoms with E-state index < -0.39 is 0 Å². The lowest BCUT2D eigenvalue weighted by Gasteiger charge is -1.95. The molecule has 0 saturated heterocycles. The molecule has 0 radical (unpaired) electrons. The number of rotatable bonds is 3. The van der Waals surface area contributed by atoms with Crippen molar-refractivity contribution in [3.8, 4) is 0 Å². The highest BCUT2D eigenvalue weighted by Crippen LogP contribution is 2.12. The van der Waals surface area contributed by atoms with Gasteiger partial charge in [-0.25, -0.2) is 4.40 Å². The van der Waals surface area contributed by atoms with Crippen LogP contribution in [0.5, 0.6) is 0 Å². The lowest BCUT2D eigenvalue weighted by atomic mass is 10.2. The van der Waals surface area contributed by atoms with Gasteiger partial charge in [-0.2, -0.15) is 0 Å². The highest BCUT2D eigenvalue weighted by molar-refractivity contribution is 8.13. The fourth-order valence-electron chi connectivity index (χ4n) is 1.30. The second-order valence-electron chi connectivity index (χ2n) is 3.39. The lowest BCUT2D eigenvalue weighted by Crippen LogP contribution is -1.90. The van der Waals surface area contributed by atoms with Crippen molar-refractivity contribution in [3.05, 3.63) is 71.8 Å². The van der Waals surface area contributed by atoms with Crippen molar-refractivity contribution in [1.82, 2.24) is 0 Å². The monoisotopic (exact) mass is 241 g/mol. The predicted molar refractivity (Wildman–Crippen MR) is 72.4 cm³/mol. The van der Waals surface area contributed by atoms with Crippen LogP contribution in [0.2, 0.25) is 0 Å². The first-order chi connectivity index (χ1) is 8.36. The summed E-state index contributed by atoms with van der Waals surface area (Å²) >= 11 is 0.955. The Morgan fingerprint density at radius 2 is 1.53 bits per heavy atom. The third-order valence-electron chi connectivity index (χ3n) is 2.15. The van der Waals surface area contributed by atoms with Crippen LogP contribution in [-0.2, 0) is 0 Å². The summed E-state index contributed by atoms with van der Waals surface area (Å²) in [4.78, 5) is 11.7. The predicted octanol–water partition coefficient (Wildman–Crippen LogP) is 3.59. The van der Waals surface area contributed by atoms with E-state index in [9.17, 15) is 4.79 Å². The van der Waals surface area contributed by atoms with E-state index in [0.717, 1.165) is 17.5 Å². The van der Waals surface area contributed by atoms with Gasteiger partial charge in [0, 0.05) is 11.8 Å². The van der Waals surface area contributed by atoms with Gasteiger partial charge < -0.3 is 0 Å². The normalized spacial score (nSPS) is 10.6. The smallest absolute Gasteiger partial charge is 0.241 e. The molecule has 0 unspecified atom stereocenters. The molecular weight excluding hydrogens is 230 g/mol. The summed E-state index contributed by atoms with van der Waals surface area (Å²) in [6, 6.07) is 18.8. The number of benzene rings is 2. The van der Waals surface area contributed by atoms with Crippen LogP contribution in [0.15, 0.2) is 65.1 Å². The highest BCUT2D eigenvalue weighted by Gasteiger charge is 2.03. The Kier molecular flexibility index (Phi) is 4.11. The van der Waals surface area contributed by atoms with Crippen LogP contribution < -0.4 is 0 Å². The van der Waals surface area contributed by atoms with Crippen LogP contribution in [0.1, 0.15) is 15.9 Å². The summed E-state index contributed by atoms with van der Waals surface area (Å²) in [5, 5.41) is -0.0437. The summed E-state index contributed by atoms with van der Waals surface area (Å²) in [6.07, 6.45) is 1.69. The minimum atomic E-state index is -0.0437. The first-order valence-electron chi connectivity index (χ1n) is 5.21. The van der Waals surface area contributed by atoms with Crippen molar-refractivity contribution in [2.24, 2.45) is 4.40 Å². The van der Waals surface area contributed by atoms with Crippen LogP contribution in [0, 0.1) is 0 Å². The molecule has 0 aliphatic carbocycles. The van der Waals surface area contributed by atoms with E-state index in [1.165, 1.54) is 0 Å². The van der Waals surface area contributed by atoms with Crippen LogP contribution in [0.3, 0.4) is 0 Å². The summed E-state index contributed by atoms with van der Waals surface area (Å²) in [7, 11) is 0. The first kappa shape index (κ1) is 11.6. The highest BCUT2D eigenvalue weighted by atomic mass is 32.2. The van der Waals surface area contributed by atoms with Crippen LogP contribution >= 0.6 is 11.9 Å². The SMILES string of the molecule is O=C(S/N=C/c1ccccc1)c1ccccc1. The van der Waals surface area contributed by atoms with Crippen LogP contribution in [0.4, 0.5) is 0 Å². The Morgan fingerprint density at radius 1 is 0.941 bits per heavy atom. The van der Waals surface area contributed by atoms with E-state index in [4.69, 9.17) is 0 Å². The summed E-state index contributed by atoms with van der Waals surface area (Å²) in [5.74, 6) is 0. The van der Waals surface area contributed by atoms with Crippen LogP contribution in [-0.4, -0.2) is 11.3 Å². The zero-order valence-corrected chi connectivity index (χ0v) is 9.93. The van der Waals surface area contributed by atoms with Gasteiger partial charge in [0.15, 0.2) is 0 Å².